The van der Waals surface area contributed by atoms with Gasteiger partial charge in [-0.1, -0.05) is 12.1 Å². The summed E-state index contributed by atoms with van der Waals surface area (Å²) in [5.74, 6) is -0.854. The molecule has 0 bridgehead atoms. The van der Waals surface area contributed by atoms with E-state index in [1.54, 1.807) is 58.2 Å². The number of methoxy groups -OCH3 is 1. The van der Waals surface area contributed by atoms with Gasteiger partial charge in [-0.2, -0.15) is 0 Å². The standard InChI is InChI=1S/C22H25NO6/c1-6-28-22(26)19-13(2)20(23-14(19)3)21(25)15(4)29-18(24)12-9-16-7-10-17(27-5)11-8-16/h7-12,15,23H,6H2,1-5H3/b12-9+/t15-/m1/s1. The zero-order valence-electron chi connectivity index (χ0n) is 17.2. The summed E-state index contributed by atoms with van der Waals surface area (Å²) in [6.45, 7) is 6.77. The number of ether oxygens (including phenoxy) is 3. The van der Waals surface area contributed by atoms with E-state index in [2.05, 4.69) is 4.98 Å². The van der Waals surface area contributed by atoms with E-state index in [1.165, 1.54) is 13.0 Å². The normalized spacial score (nSPS) is 11.9. The highest BCUT2D eigenvalue weighted by atomic mass is 16.5. The number of H-pyrrole nitrogens is 1. The lowest BCUT2D eigenvalue weighted by atomic mass is 10.1. The lowest BCUT2D eigenvalue weighted by Crippen LogP contribution is -2.24. The topological polar surface area (TPSA) is 94.7 Å². The molecule has 0 saturated carbocycles. The molecule has 0 radical (unpaired) electrons. The van der Waals surface area contributed by atoms with E-state index in [0.717, 1.165) is 5.56 Å². The summed E-state index contributed by atoms with van der Waals surface area (Å²) in [6.07, 6.45) is 1.82. The second-order valence-electron chi connectivity index (χ2n) is 6.40. The summed E-state index contributed by atoms with van der Waals surface area (Å²) < 4.78 is 15.3. The van der Waals surface area contributed by atoms with E-state index in [4.69, 9.17) is 14.2 Å². The van der Waals surface area contributed by atoms with Gasteiger partial charge in [0, 0.05) is 11.8 Å². The van der Waals surface area contributed by atoms with Crippen LogP contribution in [-0.4, -0.2) is 42.5 Å². The Hall–Kier alpha value is -3.35. The predicted octanol–water partition coefficient (Wildman–Crippen LogP) is 3.64. The zero-order chi connectivity index (χ0) is 21.6. The summed E-state index contributed by atoms with van der Waals surface area (Å²) in [7, 11) is 1.57. The number of rotatable bonds is 8. The van der Waals surface area contributed by atoms with Gasteiger partial charge in [0.1, 0.15) is 5.75 Å². The smallest absolute Gasteiger partial charge is 0.340 e. The maximum Gasteiger partial charge on any atom is 0.340 e. The third kappa shape index (κ3) is 5.34. The van der Waals surface area contributed by atoms with Crippen LogP contribution >= 0.6 is 0 Å². The largest absolute Gasteiger partial charge is 0.497 e. The first kappa shape index (κ1) is 21.9. The van der Waals surface area contributed by atoms with Crippen molar-refractivity contribution in [1.82, 2.24) is 4.98 Å². The number of nitrogens with one attached hydrogen (secondary N) is 1. The summed E-state index contributed by atoms with van der Waals surface area (Å²) in [5.41, 5.74) is 2.35. The zero-order valence-corrected chi connectivity index (χ0v) is 17.2. The van der Waals surface area contributed by atoms with Crippen LogP contribution in [0.1, 0.15) is 51.5 Å². The van der Waals surface area contributed by atoms with Crippen LogP contribution in [0.4, 0.5) is 0 Å². The molecule has 0 spiro atoms. The summed E-state index contributed by atoms with van der Waals surface area (Å²) >= 11 is 0. The fourth-order valence-corrected chi connectivity index (χ4v) is 2.86. The van der Waals surface area contributed by atoms with Gasteiger partial charge in [0.15, 0.2) is 6.10 Å². The number of aryl methyl sites for hydroxylation is 1. The van der Waals surface area contributed by atoms with Gasteiger partial charge in [-0.15, -0.1) is 0 Å². The summed E-state index contributed by atoms with van der Waals surface area (Å²) in [6, 6.07) is 7.13. The molecule has 0 unspecified atom stereocenters. The van der Waals surface area contributed by atoms with Gasteiger partial charge in [0.05, 0.1) is 25.0 Å². The molecule has 0 saturated heterocycles. The molecular formula is C22H25NO6. The molecule has 1 heterocycles. The molecule has 0 aliphatic heterocycles. The maximum absolute atomic E-state index is 12.7. The quantitative estimate of drug-likeness (QED) is 0.414. The Morgan fingerprint density at radius 1 is 1.14 bits per heavy atom. The number of carbonyl (C=O) groups is 3. The van der Waals surface area contributed by atoms with Gasteiger partial charge < -0.3 is 19.2 Å². The van der Waals surface area contributed by atoms with E-state index < -0.39 is 23.8 Å². The van der Waals surface area contributed by atoms with Gasteiger partial charge in [-0.05, 0) is 57.0 Å². The Kier molecular flexibility index (Phi) is 7.36. The van der Waals surface area contributed by atoms with E-state index in [0.29, 0.717) is 22.6 Å². The highest BCUT2D eigenvalue weighted by Gasteiger charge is 2.27. The highest BCUT2D eigenvalue weighted by molar-refractivity contribution is 6.04. The first-order valence-corrected chi connectivity index (χ1v) is 9.21. The first-order chi connectivity index (χ1) is 13.8. The molecule has 154 valence electrons. The molecule has 0 fully saturated rings. The Labute approximate surface area is 169 Å². The van der Waals surface area contributed by atoms with Crippen LogP contribution in [0.5, 0.6) is 5.75 Å². The molecule has 1 aromatic carbocycles. The van der Waals surface area contributed by atoms with E-state index in [-0.39, 0.29) is 12.3 Å². The minimum atomic E-state index is -1.02. The number of benzene rings is 1. The molecule has 1 aromatic heterocycles. The van der Waals surface area contributed by atoms with Gasteiger partial charge in [0.2, 0.25) is 5.78 Å². The molecule has 2 rings (SSSR count). The van der Waals surface area contributed by atoms with E-state index >= 15 is 0 Å². The molecule has 2 aromatic rings. The predicted molar refractivity (Wildman–Crippen MR) is 108 cm³/mol. The van der Waals surface area contributed by atoms with Crippen LogP contribution in [0.25, 0.3) is 6.08 Å². The molecule has 1 atom stereocenters. The minimum absolute atomic E-state index is 0.227. The molecule has 1 N–H and O–H groups in total. The van der Waals surface area contributed by atoms with Crippen LogP contribution in [0.3, 0.4) is 0 Å². The number of carbonyl (C=O) groups excluding carboxylic acids is 3. The second-order valence-corrected chi connectivity index (χ2v) is 6.40. The minimum Gasteiger partial charge on any atom is -0.497 e. The maximum atomic E-state index is 12.7. The third-order valence-electron chi connectivity index (χ3n) is 4.35. The van der Waals surface area contributed by atoms with Crippen molar-refractivity contribution < 1.29 is 28.6 Å². The van der Waals surface area contributed by atoms with Gasteiger partial charge in [0.25, 0.3) is 0 Å². The van der Waals surface area contributed by atoms with Crippen molar-refractivity contribution in [3.8, 4) is 5.75 Å². The molecular weight excluding hydrogens is 374 g/mol. The van der Waals surface area contributed by atoms with Gasteiger partial charge in [-0.3, -0.25) is 4.79 Å². The van der Waals surface area contributed by atoms with Crippen LogP contribution in [0.2, 0.25) is 0 Å². The molecule has 29 heavy (non-hydrogen) atoms. The number of hydrogen-bond acceptors (Lipinski definition) is 6. The number of Topliss-reactive ketones (excluding diaryl/α,β-unsaturated/α-hetero) is 1. The Morgan fingerprint density at radius 3 is 2.38 bits per heavy atom. The number of aromatic amines is 1. The number of hydrogen-bond donors (Lipinski definition) is 1. The van der Waals surface area contributed by atoms with Crippen molar-refractivity contribution in [3.63, 3.8) is 0 Å². The molecule has 0 aliphatic rings. The SMILES string of the molecule is CCOC(=O)c1c(C)[nH]c(C(=O)[C@@H](C)OC(=O)/C=C/c2ccc(OC)cc2)c1C. The number of esters is 2. The average molecular weight is 399 g/mol. The fraction of sp³-hybridized carbons (Fsp3) is 0.318. The van der Waals surface area contributed by atoms with Crippen LogP contribution in [-0.2, 0) is 14.3 Å². The lowest BCUT2D eigenvalue weighted by Gasteiger charge is -2.10. The van der Waals surface area contributed by atoms with Crippen LogP contribution in [0.15, 0.2) is 30.3 Å². The van der Waals surface area contributed by atoms with Crippen molar-refractivity contribution >= 4 is 23.8 Å². The summed E-state index contributed by atoms with van der Waals surface area (Å²) in [5, 5.41) is 0. The third-order valence-corrected chi connectivity index (χ3v) is 4.35. The average Bonchev–Trinajstić information content (AvgIpc) is 3.00. The molecule has 0 aliphatic carbocycles. The van der Waals surface area contributed by atoms with E-state index in [1.807, 2.05) is 0 Å². The summed E-state index contributed by atoms with van der Waals surface area (Å²) in [4.78, 5) is 39.7. The fourth-order valence-electron chi connectivity index (χ4n) is 2.86. The van der Waals surface area contributed by atoms with Crippen molar-refractivity contribution in [2.75, 3.05) is 13.7 Å². The molecule has 0 amide bonds. The Morgan fingerprint density at radius 2 is 1.79 bits per heavy atom. The van der Waals surface area contributed by atoms with Gasteiger partial charge >= 0.3 is 11.9 Å². The van der Waals surface area contributed by atoms with E-state index in [9.17, 15) is 14.4 Å². The van der Waals surface area contributed by atoms with Crippen LogP contribution < -0.4 is 4.74 Å². The first-order valence-electron chi connectivity index (χ1n) is 9.21. The Balaban J connectivity index is 2.06. The van der Waals surface area contributed by atoms with Crippen molar-refractivity contribution in [2.24, 2.45) is 0 Å². The number of aromatic nitrogens is 1. The number of ketones is 1. The van der Waals surface area contributed by atoms with Crippen molar-refractivity contribution in [2.45, 2.75) is 33.8 Å². The highest BCUT2D eigenvalue weighted by Crippen LogP contribution is 2.21. The van der Waals surface area contributed by atoms with Crippen molar-refractivity contribution in [3.05, 3.63) is 58.4 Å². The molecule has 7 nitrogen and oxygen atoms in total. The molecule has 7 heteroatoms. The Bertz CT molecular complexity index is 924. The van der Waals surface area contributed by atoms with Gasteiger partial charge in [-0.25, -0.2) is 9.59 Å². The second kappa shape index (κ2) is 9.73. The monoisotopic (exact) mass is 399 g/mol. The van der Waals surface area contributed by atoms with Crippen molar-refractivity contribution in [1.29, 1.82) is 0 Å². The lowest BCUT2D eigenvalue weighted by molar-refractivity contribution is -0.140. The van der Waals surface area contributed by atoms with Crippen LogP contribution in [0, 0.1) is 13.8 Å².